The number of carbonyl (C=O) groups is 1. The molecule has 3 heterocycles. The van der Waals surface area contributed by atoms with Crippen molar-refractivity contribution in [2.75, 3.05) is 59.5 Å². The Labute approximate surface area is 164 Å². The Kier molecular flexibility index (Phi) is 6.74. The van der Waals surface area contributed by atoms with Gasteiger partial charge in [-0.2, -0.15) is 4.31 Å². The number of aromatic nitrogens is 1. The first-order valence-corrected chi connectivity index (χ1v) is 11.4. The normalized spacial score (nSPS) is 21.2. The number of thioether (sulfide) groups is 1. The third kappa shape index (κ3) is 5.00. The van der Waals surface area contributed by atoms with Crippen molar-refractivity contribution < 1.29 is 17.9 Å². The predicted molar refractivity (Wildman–Crippen MR) is 103 cm³/mol. The van der Waals surface area contributed by atoms with Crippen molar-refractivity contribution in [2.45, 2.75) is 22.1 Å². The van der Waals surface area contributed by atoms with Crippen LogP contribution in [0, 0.1) is 0 Å². The van der Waals surface area contributed by atoms with E-state index in [9.17, 15) is 13.2 Å². The van der Waals surface area contributed by atoms with Crippen molar-refractivity contribution in [3.63, 3.8) is 0 Å². The summed E-state index contributed by atoms with van der Waals surface area (Å²) in [6.07, 6.45) is 1.39. The predicted octanol–water partition coefficient (Wildman–Crippen LogP) is 0.357. The zero-order chi connectivity index (χ0) is 19.4. The summed E-state index contributed by atoms with van der Waals surface area (Å²) in [4.78, 5) is 20.9. The molecule has 0 saturated carbocycles. The number of pyridine rings is 1. The van der Waals surface area contributed by atoms with Gasteiger partial charge in [-0.15, -0.1) is 0 Å². The van der Waals surface area contributed by atoms with E-state index in [0.29, 0.717) is 44.4 Å². The minimum Gasteiger partial charge on any atom is -0.378 e. The van der Waals surface area contributed by atoms with E-state index < -0.39 is 10.0 Å². The number of sulfonamides is 1. The summed E-state index contributed by atoms with van der Waals surface area (Å²) in [6.45, 7) is 6.63. The fourth-order valence-electron chi connectivity index (χ4n) is 3.04. The Morgan fingerprint density at radius 1 is 1.15 bits per heavy atom. The molecular formula is C17H26N4O4S2. The molecule has 27 heavy (non-hydrogen) atoms. The molecule has 1 unspecified atom stereocenters. The standard InChI is InChI=1S/C17H26N4O4S2/c1-14(17(22)20-9-11-25-12-10-20)26-16-4-3-15(13-18-16)27(23,24)21-7-5-19(2)6-8-21/h3-4,13-14H,5-12H2,1-2H3. The number of hydrogen-bond acceptors (Lipinski definition) is 7. The minimum atomic E-state index is -3.52. The third-order valence-corrected chi connectivity index (χ3v) is 7.70. The van der Waals surface area contributed by atoms with Crippen molar-refractivity contribution in [2.24, 2.45) is 0 Å². The molecule has 2 aliphatic heterocycles. The van der Waals surface area contributed by atoms with Crippen LogP contribution >= 0.6 is 11.8 Å². The summed E-state index contributed by atoms with van der Waals surface area (Å²) in [5.74, 6) is 0.0548. The maximum absolute atomic E-state index is 12.7. The number of morpholine rings is 1. The van der Waals surface area contributed by atoms with Crippen LogP contribution in [-0.2, 0) is 19.6 Å². The van der Waals surface area contributed by atoms with E-state index in [1.807, 2.05) is 14.0 Å². The summed E-state index contributed by atoms with van der Waals surface area (Å²) in [7, 11) is -1.54. The van der Waals surface area contributed by atoms with Crippen molar-refractivity contribution in [1.29, 1.82) is 0 Å². The van der Waals surface area contributed by atoms with Gasteiger partial charge in [-0.3, -0.25) is 4.79 Å². The Bertz CT molecular complexity index is 743. The van der Waals surface area contributed by atoms with Crippen LogP contribution in [0.1, 0.15) is 6.92 Å². The molecule has 10 heteroatoms. The van der Waals surface area contributed by atoms with Crippen LogP contribution in [0.25, 0.3) is 0 Å². The average Bonchev–Trinajstić information content (AvgIpc) is 2.69. The van der Waals surface area contributed by atoms with E-state index in [4.69, 9.17) is 4.74 Å². The van der Waals surface area contributed by atoms with E-state index in [2.05, 4.69) is 9.88 Å². The molecule has 3 rings (SSSR count). The number of piperazine rings is 1. The van der Waals surface area contributed by atoms with Crippen LogP contribution in [0.3, 0.4) is 0 Å². The van der Waals surface area contributed by atoms with Gasteiger partial charge < -0.3 is 14.5 Å². The summed E-state index contributed by atoms with van der Waals surface area (Å²) in [5, 5.41) is 0.358. The molecule has 2 aliphatic rings. The fourth-order valence-corrected chi connectivity index (χ4v) is 5.28. The molecule has 1 aromatic heterocycles. The molecule has 0 bridgehead atoms. The van der Waals surface area contributed by atoms with Crippen molar-refractivity contribution in [3.8, 4) is 0 Å². The lowest BCUT2D eigenvalue weighted by molar-refractivity contribution is -0.134. The Morgan fingerprint density at radius 2 is 1.81 bits per heavy atom. The fraction of sp³-hybridized carbons (Fsp3) is 0.647. The third-order valence-electron chi connectivity index (χ3n) is 4.78. The second-order valence-electron chi connectivity index (χ2n) is 6.74. The highest BCUT2D eigenvalue weighted by molar-refractivity contribution is 8.00. The van der Waals surface area contributed by atoms with Gasteiger partial charge in [0, 0.05) is 45.5 Å². The van der Waals surface area contributed by atoms with Gasteiger partial charge in [0.1, 0.15) is 4.90 Å². The Balaban J connectivity index is 1.62. The van der Waals surface area contributed by atoms with Gasteiger partial charge in [0.2, 0.25) is 15.9 Å². The Hall–Kier alpha value is -1.20. The molecule has 1 amide bonds. The largest absolute Gasteiger partial charge is 0.378 e. The first-order valence-electron chi connectivity index (χ1n) is 9.06. The number of amides is 1. The average molecular weight is 415 g/mol. The van der Waals surface area contributed by atoms with Gasteiger partial charge in [-0.1, -0.05) is 11.8 Å². The molecule has 1 atom stereocenters. The highest BCUT2D eigenvalue weighted by Gasteiger charge is 2.28. The van der Waals surface area contributed by atoms with Gasteiger partial charge in [0.25, 0.3) is 0 Å². The molecule has 2 fully saturated rings. The monoisotopic (exact) mass is 414 g/mol. The number of carbonyl (C=O) groups excluding carboxylic acids is 1. The Morgan fingerprint density at radius 3 is 2.41 bits per heavy atom. The highest BCUT2D eigenvalue weighted by Crippen LogP contribution is 2.25. The minimum absolute atomic E-state index is 0.0548. The van der Waals surface area contributed by atoms with Gasteiger partial charge in [0.15, 0.2) is 0 Å². The van der Waals surface area contributed by atoms with Gasteiger partial charge in [-0.25, -0.2) is 13.4 Å². The van der Waals surface area contributed by atoms with Crippen LogP contribution < -0.4 is 0 Å². The summed E-state index contributed by atoms with van der Waals surface area (Å²) < 4.78 is 32.2. The van der Waals surface area contributed by atoms with E-state index in [0.717, 1.165) is 13.1 Å². The maximum atomic E-state index is 12.7. The molecule has 2 saturated heterocycles. The van der Waals surface area contributed by atoms with Crippen LogP contribution in [0.15, 0.2) is 28.3 Å². The van der Waals surface area contributed by atoms with Crippen molar-refractivity contribution in [3.05, 3.63) is 18.3 Å². The maximum Gasteiger partial charge on any atom is 0.244 e. The zero-order valence-corrected chi connectivity index (χ0v) is 17.3. The molecule has 0 N–H and O–H groups in total. The van der Waals surface area contributed by atoms with Crippen LogP contribution in [0.5, 0.6) is 0 Å². The van der Waals surface area contributed by atoms with E-state index in [-0.39, 0.29) is 16.1 Å². The second kappa shape index (κ2) is 8.87. The van der Waals surface area contributed by atoms with E-state index >= 15 is 0 Å². The molecule has 0 radical (unpaired) electrons. The summed E-state index contributed by atoms with van der Waals surface area (Å²) in [5.41, 5.74) is 0. The smallest absolute Gasteiger partial charge is 0.244 e. The van der Waals surface area contributed by atoms with Crippen molar-refractivity contribution >= 4 is 27.7 Å². The first-order chi connectivity index (χ1) is 12.9. The highest BCUT2D eigenvalue weighted by atomic mass is 32.2. The molecule has 8 nitrogen and oxygen atoms in total. The number of rotatable bonds is 5. The van der Waals surface area contributed by atoms with Crippen molar-refractivity contribution in [1.82, 2.24) is 19.1 Å². The quantitative estimate of drug-likeness (QED) is 0.643. The van der Waals surface area contributed by atoms with Gasteiger partial charge >= 0.3 is 0 Å². The van der Waals surface area contributed by atoms with Crippen LogP contribution in [-0.4, -0.2) is 98.2 Å². The lowest BCUT2D eigenvalue weighted by Gasteiger charge is -2.31. The molecule has 0 spiro atoms. The lowest BCUT2D eigenvalue weighted by atomic mass is 10.3. The second-order valence-corrected chi connectivity index (χ2v) is 10.0. The number of likely N-dealkylation sites (N-methyl/N-ethyl adjacent to an activating group) is 1. The van der Waals surface area contributed by atoms with Gasteiger partial charge in [0.05, 0.1) is 23.5 Å². The number of nitrogens with zero attached hydrogens (tertiary/aromatic N) is 4. The number of hydrogen-bond donors (Lipinski definition) is 0. The van der Waals surface area contributed by atoms with E-state index in [1.54, 1.807) is 17.0 Å². The van der Waals surface area contributed by atoms with Crippen LogP contribution in [0.4, 0.5) is 0 Å². The van der Waals surface area contributed by atoms with Crippen LogP contribution in [0.2, 0.25) is 0 Å². The molecule has 0 aromatic carbocycles. The van der Waals surface area contributed by atoms with E-state index in [1.165, 1.54) is 22.3 Å². The number of ether oxygens (including phenoxy) is 1. The SMILES string of the molecule is CC(Sc1ccc(S(=O)(=O)N2CCN(C)CC2)cn1)C(=O)N1CCOCC1. The molecular weight excluding hydrogens is 388 g/mol. The lowest BCUT2D eigenvalue weighted by Crippen LogP contribution is -2.47. The topological polar surface area (TPSA) is 83.1 Å². The molecule has 1 aromatic rings. The summed E-state index contributed by atoms with van der Waals surface area (Å²) in [6, 6.07) is 3.26. The molecule has 150 valence electrons. The zero-order valence-electron chi connectivity index (χ0n) is 15.7. The summed E-state index contributed by atoms with van der Waals surface area (Å²) >= 11 is 1.34. The van der Waals surface area contributed by atoms with Gasteiger partial charge in [-0.05, 0) is 26.1 Å². The first kappa shape index (κ1) is 20.5. The molecule has 0 aliphatic carbocycles.